The van der Waals surface area contributed by atoms with E-state index in [0.717, 1.165) is 4.68 Å². The Balaban J connectivity index is 2.04. The summed E-state index contributed by atoms with van der Waals surface area (Å²) in [6.07, 6.45) is -4.65. The van der Waals surface area contributed by atoms with Gasteiger partial charge in [-0.15, -0.1) is 0 Å². The summed E-state index contributed by atoms with van der Waals surface area (Å²) in [5.74, 6) is -0.465. The number of alkyl halides is 3. The van der Waals surface area contributed by atoms with E-state index in [9.17, 15) is 18.0 Å². The molecule has 2 rings (SSSR count). The molecule has 1 N–H and O–H groups in total. The Bertz CT molecular complexity index is 526. The number of carbonyl (C=O) groups excluding carboxylic acids is 1. The lowest BCUT2D eigenvalue weighted by Crippen LogP contribution is -2.49. The summed E-state index contributed by atoms with van der Waals surface area (Å²) in [6, 6.07) is 0. The molecule has 21 heavy (non-hydrogen) atoms. The SMILES string of the molecule is Cc1c(Cl)c(C(F)(F)F)nn1CC(=O)NN1CCOCC1. The van der Waals surface area contributed by atoms with Crippen molar-refractivity contribution < 1.29 is 22.7 Å². The maximum Gasteiger partial charge on any atom is 0.436 e. The Morgan fingerprint density at radius 3 is 2.57 bits per heavy atom. The zero-order valence-electron chi connectivity index (χ0n) is 11.2. The van der Waals surface area contributed by atoms with E-state index in [0.29, 0.717) is 26.3 Å². The van der Waals surface area contributed by atoms with Gasteiger partial charge in [0.15, 0.2) is 5.69 Å². The van der Waals surface area contributed by atoms with Crippen molar-refractivity contribution >= 4 is 17.5 Å². The van der Waals surface area contributed by atoms with Crippen LogP contribution in [0, 0.1) is 6.92 Å². The van der Waals surface area contributed by atoms with Crippen molar-refractivity contribution in [2.75, 3.05) is 26.3 Å². The Kier molecular flexibility index (Phi) is 4.74. The molecule has 0 atom stereocenters. The molecule has 0 bridgehead atoms. The zero-order valence-corrected chi connectivity index (χ0v) is 12.0. The van der Waals surface area contributed by atoms with Crippen LogP contribution in [0.15, 0.2) is 0 Å². The lowest BCUT2D eigenvalue weighted by atomic mass is 10.3. The van der Waals surface area contributed by atoms with Crippen molar-refractivity contribution in [3.05, 3.63) is 16.4 Å². The van der Waals surface area contributed by atoms with Gasteiger partial charge in [-0.05, 0) is 6.92 Å². The van der Waals surface area contributed by atoms with Gasteiger partial charge in [0.2, 0.25) is 0 Å². The Labute approximate surface area is 123 Å². The highest BCUT2D eigenvalue weighted by atomic mass is 35.5. The number of morpholine rings is 1. The summed E-state index contributed by atoms with van der Waals surface area (Å²) in [7, 11) is 0. The predicted molar refractivity (Wildman–Crippen MR) is 67.5 cm³/mol. The number of amides is 1. The normalized spacial score (nSPS) is 17.0. The first-order valence-electron chi connectivity index (χ1n) is 6.21. The predicted octanol–water partition coefficient (Wildman–Crippen LogP) is 1.23. The highest BCUT2D eigenvalue weighted by Gasteiger charge is 2.38. The van der Waals surface area contributed by atoms with Gasteiger partial charge < -0.3 is 4.74 Å². The number of nitrogens with zero attached hydrogens (tertiary/aromatic N) is 3. The first kappa shape index (κ1) is 16.1. The number of nitrogens with one attached hydrogen (secondary N) is 1. The van der Waals surface area contributed by atoms with Crippen LogP contribution in [-0.4, -0.2) is 47.0 Å². The van der Waals surface area contributed by atoms with Crippen molar-refractivity contribution in [3.8, 4) is 0 Å². The molecule has 1 saturated heterocycles. The smallest absolute Gasteiger partial charge is 0.379 e. The molecule has 2 heterocycles. The molecule has 0 radical (unpaired) electrons. The number of hydrazine groups is 1. The summed E-state index contributed by atoms with van der Waals surface area (Å²) in [5.41, 5.74) is 1.51. The lowest BCUT2D eigenvalue weighted by Gasteiger charge is -2.26. The maximum atomic E-state index is 12.7. The van der Waals surface area contributed by atoms with Gasteiger partial charge in [0.05, 0.1) is 23.9 Å². The molecule has 0 spiro atoms. The summed E-state index contributed by atoms with van der Waals surface area (Å²) < 4.78 is 44.1. The molecule has 0 unspecified atom stereocenters. The highest BCUT2D eigenvalue weighted by molar-refractivity contribution is 6.32. The van der Waals surface area contributed by atoms with E-state index >= 15 is 0 Å². The van der Waals surface area contributed by atoms with Crippen LogP contribution in [0.4, 0.5) is 13.2 Å². The van der Waals surface area contributed by atoms with Crippen molar-refractivity contribution in [2.24, 2.45) is 0 Å². The van der Waals surface area contributed by atoms with E-state index in [2.05, 4.69) is 10.5 Å². The minimum atomic E-state index is -4.65. The molecular formula is C11H14ClF3N4O2. The first-order chi connectivity index (χ1) is 9.79. The molecule has 0 aliphatic carbocycles. The molecule has 0 aromatic carbocycles. The van der Waals surface area contributed by atoms with Crippen LogP contribution in [0.3, 0.4) is 0 Å². The van der Waals surface area contributed by atoms with Gasteiger partial charge in [0, 0.05) is 13.1 Å². The van der Waals surface area contributed by atoms with Gasteiger partial charge in [-0.1, -0.05) is 11.6 Å². The molecule has 1 aliphatic rings. The van der Waals surface area contributed by atoms with E-state index in [4.69, 9.17) is 16.3 Å². The van der Waals surface area contributed by atoms with Crippen molar-refractivity contribution in [3.63, 3.8) is 0 Å². The molecule has 1 amide bonds. The molecule has 1 aromatic rings. The average Bonchev–Trinajstić information content (AvgIpc) is 2.68. The summed E-state index contributed by atoms with van der Waals surface area (Å²) in [6.45, 7) is 3.08. The highest BCUT2D eigenvalue weighted by Crippen LogP contribution is 2.35. The minimum Gasteiger partial charge on any atom is -0.379 e. The second-order valence-electron chi connectivity index (χ2n) is 4.54. The fourth-order valence-corrected chi connectivity index (χ4v) is 2.12. The second kappa shape index (κ2) is 6.20. The molecule has 1 aliphatic heterocycles. The van der Waals surface area contributed by atoms with E-state index in [-0.39, 0.29) is 12.2 Å². The maximum absolute atomic E-state index is 12.7. The van der Waals surface area contributed by atoms with Gasteiger partial charge in [-0.3, -0.25) is 14.9 Å². The molecular weight excluding hydrogens is 313 g/mol. The number of carbonyl (C=O) groups is 1. The quantitative estimate of drug-likeness (QED) is 0.907. The molecule has 6 nitrogen and oxygen atoms in total. The minimum absolute atomic E-state index is 0.0983. The Morgan fingerprint density at radius 2 is 2.05 bits per heavy atom. The number of ether oxygens (including phenoxy) is 1. The third-order valence-electron chi connectivity index (χ3n) is 2.99. The lowest BCUT2D eigenvalue weighted by molar-refractivity contribution is -0.141. The molecule has 10 heteroatoms. The third-order valence-corrected chi connectivity index (χ3v) is 3.44. The topological polar surface area (TPSA) is 59.4 Å². The van der Waals surface area contributed by atoms with Gasteiger partial charge in [-0.25, -0.2) is 5.01 Å². The first-order valence-corrected chi connectivity index (χ1v) is 6.59. The van der Waals surface area contributed by atoms with Gasteiger partial charge in [-0.2, -0.15) is 18.3 Å². The molecule has 1 aromatic heterocycles. The fraction of sp³-hybridized carbons (Fsp3) is 0.636. The number of hydrogen-bond donors (Lipinski definition) is 1. The van der Waals surface area contributed by atoms with Crippen LogP contribution < -0.4 is 5.43 Å². The Hall–Kier alpha value is -1.32. The summed E-state index contributed by atoms with van der Waals surface area (Å²) >= 11 is 5.61. The number of aromatic nitrogens is 2. The summed E-state index contributed by atoms with van der Waals surface area (Å²) in [4.78, 5) is 11.8. The van der Waals surface area contributed by atoms with Crippen LogP contribution in [-0.2, 0) is 22.3 Å². The van der Waals surface area contributed by atoms with Crippen molar-refractivity contribution in [2.45, 2.75) is 19.6 Å². The second-order valence-corrected chi connectivity index (χ2v) is 4.92. The molecule has 118 valence electrons. The number of halogens is 4. The molecule has 0 saturated carbocycles. The zero-order chi connectivity index (χ0) is 15.6. The van der Waals surface area contributed by atoms with Crippen LogP contribution >= 0.6 is 11.6 Å². The largest absolute Gasteiger partial charge is 0.436 e. The monoisotopic (exact) mass is 326 g/mol. The van der Waals surface area contributed by atoms with E-state index in [1.54, 1.807) is 5.01 Å². The van der Waals surface area contributed by atoms with E-state index in [1.165, 1.54) is 6.92 Å². The fourth-order valence-electron chi connectivity index (χ4n) is 1.88. The Morgan fingerprint density at radius 1 is 1.43 bits per heavy atom. The van der Waals surface area contributed by atoms with Crippen molar-refractivity contribution in [1.29, 1.82) is 0 Å². The van der Waals surface area contributed by atoms with Crippen LogP contribution in [0.5, 0.6) is 0 Å². The van der Waals surface area contributed by atoms with Gasteiger partial charge in [0.1, 0.15) is 6.54 Å². The van der Waals surface area contributed by atoms with E-state index < -0.39 is 22.8 Å². The van der Waals surface area contributed by atoms with Crippen molar-refractivity contribution in [1.82, 2.24) is 20.2 Å². The summed E-state index contributed by atoms with van der Waals surface area (Å²) in [5, 5.41) is 4.53. The van der Waals surface area contributed by atoms with Crippen LogP contribution in [0.2, 0.25) is 5.02 Å². The number of hydrogen-bond acceptors (Lipinski definition) is 4. The standard InChI is InChI=1S/C11H14ClF3N4O2/c1-7-9(12)10(11(13,14)15)17-19(7)6-8(20)16-18-2-4-21-5-3-18/h2-6H2,1H3,(H,16,20). The number of rotatable bonds is 3. The van der Waals surface area contributed by atoms with E-state index in [1.807, 2.05) is 0 Å². The van der Waals surface area contributed by atoms with Crippen LogP contribution in [0.25, 0.3) is 0 Å². The molecule has 1 fully saturated rings. The average molecular weight is 327 g/mol. The van der Waals surface area contributed by atoms with Crippen LogP contribution in [0.1, 0.15) is 11.4 Å². The van der Waals surface area contributed by atoms with Gasteiger partial charge in [0.25, 0.3) is 5.91 Å². The van der Waals surface area contributed by atoms with Gasteiger partial charge >= 0.3 is 6.18 Å². The third kappa shape index (κ3) is 3.86.